The molecule has 1 aromatic carbocycles. The van der Waals surface area contributed by atoms with Gasteiger partial charge in [0, 0.05) is 19.2 Å². The highest BCUT2D eigenvalue weighted by Gasteiger charge is 2.48. The number of anilines is 1. The molecule has 4 rings (SSSR count). The number of halogens is 1. The number of likely N-dealkylation sites (tertiary alicyclic amines) is 1. The van der Waals surface area contributed by atoms with E-state index in [1.165, 1.54) is 4.90 Å². The Morgan fingerprint density at radius 1 is 1.31 bits per heavy atom. The minimum absolute atomic E-state index is 0.122. The average Bonchev–Trinajstić information content (AvgIpc) is 3.19. The van der Waals surface area contributed by atoms with E-state index in [1.807, 2.05) is 30.3 Å². The number of fused-ring (bicyclic) bond motifs is 1. The lowest BCUT2D eigenvalue weighted by Gasteiger charge is -2.44. The molecule has 3 aromatic rings. The van der Waals surface area contributed by atoms with Gasteiger partial charge in [-0.05, 0) is 45.2 Å². The summed E-state index contributed by atoms with van der Waals surface area (Å²) < 4.78 is 29.0. The Bertz CT molecular complexity index is 1270. The Morgan fingerprint density at radius 3 is 2.72 bits per heavy atom. The van der Waals surface area contributed by atoms with Crippen molar-refractivity contribution >= 4 is 22.8 Å². The van der Waals surface area contributed by atoms with Gasteiger partial charge in [-0.2, -0.15) is 10.4 Å². The lowest BCUT2D eigenvalue weighted by molar-refractivity contribution is -0.0203. The van der Waals surface area contributed by atoms with Crippen molar-refractivity contribution in [2.45, 2.75) is 64.0 Å². The molecule has 2 atom stereocenters. The summed E-state index contributed by atoms with van der Waals surface area (Å²) in [5.41, 5.74) is 5.99. The molecule has 1 aliphatic heterocycles. The molecule has 36 heavy (non-hydrogen) atoms. The third kappa shape index (κ3) is 5.05. The molecule has 10 heteroatoms. The number of aromatic nitrogens is 3. The van der Waals surface area contributed by atoms with Crippen LogP contribution in [-0.4, -0.2) is 50.6 Å². The summed E-state index contributed by atoms with van der Waals surface area (Å²) >= 11 is 0. The van der Waals surface area contributed by atoms with E-state index >= 15 is 4.39 Å². The fourth-order valence-corrected chi connectivity index (χ4v) is 4.57. The minimum Gasteiger partial charge on any atom is -0.472 e. The fraction of sp³-hybridized carbons (Fsp3) is 0.462. The number of carbonyl (C=O) groups excluding carboxylic acids is 1. The first-order valence-electron chi connectivity index (χ1n) is 11.9. The maximum Gasteiger partial charge on any atom is 0.410 e. The topological polar surface area (TPSA) is 119 Å². The number of nitrogen functional groups attached to an aromatic ring is 1. The highest BCUT2D eigenvalue weighted by Crippen LogP contribution is 2.41. The molecule has 9 nitrogen and oxygen atoms in total. The minimum atomic E-state index is -1.50. The van der Waals surface area contributed by atoms with E-state index in [-0.39, 0.29) is 44.8 Å². The standard InChI is InChI=1S/C26H31FN6O3/c1-25(2,3)36-24(34)32-15-12-26(11-7-13-28,20(27)16-32)33-19-10-14-30-23(21(19)22(29)31-33)35-17-18-8-5-4-6-9-18/h4-6,8-10,14,20H,7,11-12,15-17H2,1-3H3,(H2,29,31)/t20?,26-/m0/s1. The van der Waals surface area contributed by atoms with E-state index in [4.69, 9.17) is 15.2 Å². The largest absolute Gasteiger partial charge is 0.472 e. The number of ether oxygens (including phenoxy) is 2. The van der Waals surface area contributed by atoms with Crippen molar-refractivity contribution in [3.63, 3.8) is 0 Å². The van der Waals surface area contributed by atoms with E-state index in [0.717, 1.165) is 5.56 Å². The number of alkyl halides is 1. The number of benzene rings is 1. The van der Waals surface area contributed by atoms with Crippen molar-refractivity contribution in [3.05, 3.63) is 48.2 Å². The Hall–Kier alpha value is -3.87. The molecule has 0 radical (unpaired) electrons. The lowest BCUT2D eigenvalue weighted by Crippen LogP contribution is -2.57. The number of nitrogens with two attached hydrogens (primary N) is 1. The number of hydrogen-bond donors (Lipinski definition) is 1. The van der Waals surface area contributed by atoms with Gasteiger partial charge in [-0.25, -0.2) is 14.2 Å². The molecule has 1 aliphatic rings. The number of amides is 1. The van der Waals surface area contributed by atoms with Crippen LogP contribution < -0.4 is 10.5 Å². The second kappa shape index (κ2) is 10.0. The summed E-state index contributed by atoms with van der Waals surface area (Å²) in [5, 5.41) is 14.3. The van der Waals surface area contributed by atoms with Crippen molar-refractivity contribution < 1.29 is 18.7 Å². The smallest absolute Gasteiger partial charge is 0.410 e. The first-order chi connectivity index (χ1) is 17.1. The number of rotatable bonds is 6. The summed E-state index contributed by atoms with van der Waals surface area (Å²) in [5.74, 6) is 0.469. The van der Waals surface area contributed by atoms with Gasteiger partial charge in [0.25, 0.3) is 0 Å². The predicted molar refractivity (Wildman–Crippen MR) is 133 cm³/mol. The normalized spacial score (nSPS) is 20.2. The maximum atomic E-state index is 16.1. The third-order valence-electron chi connectivity index (χ3n) is 6.33. The summed E-state index contributed by atoms with van der Waals surface area (Å²) in [6, 6.07) is 13.5. The van der Waals surface area contributed by atoms with Gasteiger partial charge < -0.3 is 20.1 Å². The number of carbonyl (C=O) groups is 1. The Labute approximate surface area is 209 Å². The molecule has 1 fully saturated rings. The first kappa shape index (κ1) is 25.2. The molecule has 190 valence electrons. The molecular formula is C26H31FN6O3. The third-order valence-corrected chi connectivity index (χ3v) is 6.33. The second-order valence-corrected chi connectivity index (χ2v) is 9.99. The Kier molecular flexibility index (Phi) is 7.02. The number of pyridine rings is 1. The van der Waals surface area contributed by atoms with Gasteiger partial charge in [0.05, 0.1) is 23.7 Å². The van der Waals surface area contributed by atoms with Gasteiger partial charge in [-0.15, -0.1) is 0 Å². The highest BCUT2D eigenvalue weighted by atomic mass is 19.1. The van der Waals surface area contributed by atoms with Crippen molar-refractivity contribution in [1.82, 2.24) is 19.7 Å². The molecule has 1 amide bonds. The van der Waals surface area contributed by atoms with Crippen LogP contribution in [0, 0.1) is 11.3 Å². The average molecular weight is 495 g/mol. The number of nitriles is 1. The molecule has 0 bridgehead atoms. The van der Waals surface area contributed by atoms with Crippen LogP contribution in [0.2, 0.25) is 0 Å². The lowest BCUT2D eigenvalue weighted by atomic mass is 9.81. The Balaban J connectivity index is 1.67. The van der Waals surface area contributed by atoms with Crippen molar-refractivity contribution in [1.29, 1.82) is 5.26 Å². The van der Waals surface area contributed by atoms with Crippen LogP contribution in [0.5, 0.6) is 5.88 Å². The molecule has 0 saturated carbocycles. The van der Waals surface area contributed by atoms with Crippen molar-refractivity contribution in [2.24, 2.45) is 0 Å². The SMILES string of the molecule is CC(C)(C)OC(=O)N1CC[C@](CCC#N)(n2nc(N)c3c(OCc4ccccc4)nccc32)C(F)C1. The van der Waals surface area contributed by atoms with Crippen LogP contribution in [0.15, 0.2) is 42.6 Å². The van der Waals surface area contributed by atoms with Crippen molar-refractivity contribution in [2.75, 3.05) is 18.8 Å². The van der Waals surface area contributed by atoms with E-state index in [2.05, 4.69) is 16.2 Å². The molecule has 0 aliphatic carbocycles. The second-order valence-electron chi connectivity index (χ2n) is 9.99. The van der Waals surface area contributed by atoms with Crippen LogP contribution in [0.4, 0.5) is 15.0 Å². The van der Waals surface area contributed by atoms with Gasteiger partial charge in [-0.3, -0.25) is 4.68 Å². The van der Waals surface area contributed by atoms with E-state index in [0.29, 0.717) is 16.8 Å². The zero-order valence-electron chi connectivity index (χ0n) is 20.8. The monoisotopic (exact) mass is 494 g/mol. The molecule has 3 heterocycles. The van der Waals surface area contributed by atoms with Gasteiger partial charge in [0.15, 0.2) is 5.82 Å². The number of hydrogen-bond acceptors (Lipinski definition) is 7. The number of nitrogens with zero attached hydrogens (tertiary/aromatic N) is 5. The van der Waals surface area contributed by atoms with Crippen LogP contribution in [0.1, 0.15) is 45.6 Å². The fourth-order valence-electron chi connectivity index (χ4n) is 4.57. The van der Waals surface area contributed by atoms with Crippen LogP contribution in [-0.2, 0) is 16.9 Å². The predicted octanol–water partition coefficient (Wildman–Crippen LogP) is 4.57. The summed E-state index contributed by atoms with van der Waals surface area (Å²) in [7, 11) is 0. The molecule has 1 unspecified atom stereocenters. The molecule has 2 aromatic heterocycles. The summed E-state index contributed by atoms with van der Waals surface area (Å²) in [4.78, 5) is 18.3. The van der Waals surface area contributed by atoms with Crippen LogP contribution >= 0.6 is 0 Å². The molecule has 0 spiro atoms. The molecule has 1 saturated heterocycles. The summed E-state index contributed by atoms with van der Waals surface area (Å²) in [6.45, 7) is 5.66. The zero-order valence-corrected chi connectivity index (χ0v) is 20.8. The van der Waals surface area contributed by atoms with Crippen molar-refractivity contribution in [3.8, 4) is 11.9 Å². The number of piperidine rings is 1. The van der Waals surface area contributed by atoms with E-state index in [1.54, 1.807) is 37.7 Å². The van der Waals surface area contributed by atoms with Gasteiger partial charge in [0.2, 0.25) is 5.88 Å². The van der Waals surface area contributed by atoms with Crippen LogP contribution in [0.3, 0.4) is 0 Å². The van der Waals surface area contributed by atoms with Crippen LogP contribution in [0.25, 0.3) is 10.9 Å². The van der Waals surface area contributed by atoms with Gasteiger partial charge in [0.1, 0.15) is 23.8 Å². The molecule has 2 N–H and O–H groups in total. The Morgan fingerprint density at radius 2 is 2.06 bits per heavy atom. The van der Waals surface area contributed by atoms with Gasteiger partial charge >= 0.3 is 6.09 Å². The highest BCUT2D eigenvalue weighted by molar-refractivity contribution is 5.93. The quantitative estimate of drug-likeness (QED) is 0.533. The van der Waals surface area contributed by atoms with E-state index < -0.39 is 23.4 Å². The maximum absolute atomic E-state index is 16.1. The molecular weight excluding hydrogens is 463 g/mol. The van der Waals surface area contributed by atoms with E-state index in [9.17, 15) is 10.1 Å². The first-order valence-corrected chi connectivity index (χ1v) is 11.9. The van der Waals surface area contributed by atoms with Gasteiger partial charge in [-0.1, -0.05) is 30.3 Å². The summed E-state index contributed by atoms with van der Waals surface area (Å²) in [6.07, 6.45) is 0.0817. The zero-order chi connectivity index (χ0) is 25.9.